The van der Waals surface area contributed by atoms with Crippen molar-refractivity contribution in [3.63, 3.8) is 0 Å². The summed E-state index contributed by atoms with van der Waals surface area (Å²) in [4.78, 5) is 37.4. The van der Waals surface area contributed by atoms with E-state index in [-0.39, 0.29) is 11.8 Å². The van der Waals surface area contributed by atoms with Crippen LogP contribution in [0.1, 0.15) is 17.0 Å². The maximum atomic E-state index is 12.7. The van der Waals surface area contributed by atoms with Crippen LogP contribution in [0.2, 0.25) is 0 Å². The maximum absolute atomic E-state index is 12.7. The quantitative estimate of drug-likeness (QED) is 0.803. The predicted octanol–water partition coefficient (Wildman–Crippen LogP) is 1.98. The highest BCUT2D eigenvalue weighted by atomic mass is 16.2. The third kappa shape index (κ3) is 2.69. The first-order valence-electron chi connectivity index (χ1n) is 8.23. The van der Waals surface area contributed by atoms with Crippen LogP contribution in [0.25, 0.3) is 0 Å². The number of benzene rings is 1. The Morgan fingerprint density at radius 1 is 1.08 bits per heavy atom. The first-order valence-corrected chi connectivity index (χ1v) is 8.23. The van der Waals surface area contributed by atoms with Crippen LogP contribution in [0.3, 0.4) is 0 Å². The number of aryl methyl sites for hydroxylation is 2. The second kappa shape index (κ2) is 5.81. The number of aromatic nitrogens is 2. The molecule has 0 saturated carbocycles. The van der Waals surface area contributed by atoms with E-state index in [2.05, 4.69) is 9.97 Å². The number of anilines is 1. The minimum Gasteiger partial charge on any atom is -0.316 e. The standard InChI is InChI=1S/C19H18N4O2/c1-12-8-13(2)21-19(20-12)22-10-15-16(11-22)18(25)23(17(15)24)9-14-6-4-3-5-7-14/h3-8,10,16H,9,11H2,1-2H3/t16-/m0/s1. The molecule has 0 N–H and O–H groups in total. The molecule has 6 heteroatoms. The average molecular weight is 334 g/mol. The van der Waals surface area contributed by atoms with Gasteiger partial charge in [-0.1, -0.05) is 30.3 Å². The van der Waals surface area contributed by atoms with Crippen LogP contribution < -0.4 is 4.90 Å². The molecule has 2 amide bonds. The first-order chi connectivity index (χ1) is 12.0. The van der Waals surface area contributed by atoms with E-state index in [1.165, 1.54) is 4.90 Å². The average Bonchev–Trinajstić information content (AvgIpc) is 3.11. The van der Waals surface area contributed by atoms with Gasteiger partial charge in [-0.2, -0.15) is 0 Å². The highest BCUT2D eigenvalue weighted by molar-refractivity contribution is 6.16. The molecular formula is C19H18N4O2. The Morgan fingerprint density at radius 2 is 1.76 bits per heavy atom. The normalized spacial score (nSPS) is 19.4. The van der Waals surface area contributed by atoms with Crippen molar-refractivity contribution in [1.82, 2.24) is 14.9 Å². The van der Waals surface area contributed by atoms with Crippen molar-refractivity contribution in [3.05, 3.63) is 65.1 Å². The molecule has 2 aliphatic rings. The minimum absolute atomic E-state index is 0.146. The molecular weight excluding hydrogens is 316 g/mol. The van der Waals surface area contributed by atoms with Gasteiger partial charge in [0.05, 0.1) is 12.5 Å². The molecule has 0 spiro atoms. The van der Waals surface area contributed by atoms with E-state index >= 15 is 0 Å². The maximum Gasteiger partial charge on any atom is 0.259 e. The molecule has 1 atom stereocenters. The predicted molar refractivity (Wildman–Crippen MR) is 92.4 cm³/mol. The highest BCUT2D eigenvalue weighted by Crippen LogP contribution is 2.34. The minimum atomic E-state index is -0.430. The lowest BCUT2D eigenvalue weighted by atomic mass is 10.1. The fourth-order valence-electron chi connectivity index (χ4n) is 3.36. The van der Waals surface area contributed by atoms with Crippen LogP contribution in [-0.4, -0.2) is 33.2 Å². The van der Waals surface area contributed by atoms with Crippen molar-refractivity contribution in [2.24, 2.45) is 5.92 Å². The Bertz CT molecular complexity index is 871. The molecule has 2 aliphatic heterocycles. The Balaban J connectivity index is 1.59. The first kappa shape index (κ1) is 15.5. The molecule has 25 heavy (non-hydrogen) atoms. The summed E-state index contributed by atoms with van der Waals surface area (Å²) < 4.78 is 0. The van der Waals surface area contributed by atoms with E-state index in [4.69, 9.17) is 0 Å². The molecule has 6 nitrogen and oxygen atoms in total. The van der Waals surface area contributed by atoms with E-state index in [1.807, 2.05) is 50.2 Å². The lowest BCUT2D eigenvalue weighted by molar-refractivity contribution is -0.139. The summed E-state index contributed by atoms with van der Waals surface area (Å²) in [6.45, 7) is 4.53. The van der Waals surface area contributed by atoms with Gasteiger partial charge < -0.3 is 4.90 Å². The lowest BCUT2D eigenvalue weighted by Gasteiger charge is -2.19. The van der Waals surface area contributed by atoms with Crippen LogP contribution in [0.5, 0.6) is 0 Å². The van der Waals surface area contributed by atoms with Crippen LogP contribution in [0.15, 0.2) is 48.2 Å². The summed E-state index contributed by atoms with van der Waals surface area (Å²) in [7, 11) is 0. The fourth-order valence-corrected chi connectivity index (χ4v) is 3.36. The number of hydrogen-bond acceptors (Lipinski definition) is 5. The summed E-state index contributed by atoms with van der Waals surface area (Å²) >= 11 is 0. The van der Waals surface area contributed by atoms with Crippen LogP contribution >= 0.6 is 0 Å². The van der Waals surface area contributed by atoms with E-state index < -0.39 is 5.92 Å². The topological polar surface area (TPSA) is 66.4 Å². The molecule has 0 radical (unpaired) electrons. The van der Waals surface area contributed by atoms with Crippen LogP contribution in [0.4, 0.5) is 5.95 Å². The second-order valence-corrected chi connectivity index (χ2v) is 6.46. The van der Waals surface area contributed by atoms with E-state index in [0.29, 0.717) is 24.6 Å². The molecule has 0 aliphatic carbocycles. The smallest absolute Gasteiger partial charge is 0.259 e. The van der Waals surface area contributed by atoms with Gasteiger partial charge in [-0.15, -0.1) is 0 Å². The van der Waals surface area contributed by atoms with Crippen molar-refractivity contribution in [3.8, 4) is 0 Å². The Hall–Kier alpha value is -3.02. The molecule has 4 rings (SSSR count). The van der Waals surface area contributed by atoms with Crippen LogP contribution in [0, 0.1) is 19.8 Å². The summed E-state index contributed by atoms with van der Waals surface area (Å²) in [6, 6.07) is 11.4. The second-order valence-electron chi connectivity index (χ2n) is 6.46. The molecule has 1 saturated heterocycles. The Kier molecular flexibility index (Phi) is 3.60. The SMILES string of the molecule is Cc1cc(C)nc(N2C=C3C(=O)N(Cc4ccccc4)C(=O)[C@H]3C2)n1. The largest absolute Gasteiger partial charge is 0.316 e. The number of carbonyl (C=O) groups excluding carboxylic acids is 2. The Morgan fingerprint density at radius 3 is 2.40 bits per heavy atom. The van der Waals surface area contributed by atoms with Crippen molar-refractivity contribution < 1.29 is 9.59 Å². The summed E-state index contributed by atoms with van der Waals surface area (Å²) in [5.74, 6) is -0.257. The number of hydrogen-bond donors (Lipinski definition) is 0. The lowest BCUT2D eigenvalue weighted by Crippen LogP contribution is -2.33. The van der Waals surface area contributed by atoms with Gasteiger partial charge in [-0.3, -0.25) is 14.5 Å². The van der Waals surface area contributed by atoms with Crippen molar-refractivity contribution >= 4 is 17.8 Å². The number of carbonyl (C=O) groups is 2. The van der Waals surface area contributed by atoms with Crippen molar-refractivity contribution in [2.75, 3.05) is 11.4 Å². The molecule has 126 valence electrons. The summed E-state index contributed by atoms with van der Waals surface area (Å²) in [5.41, 5.74) is 3.20. The molecule has 0 unspecified atom stereocenters. The van der Waals surface area contributed by atoms with Gasteiger partial charge in [-0.05, 0) is 25.5 Å². The molecule has 1 aromatic heterocycles. The van der Waals surface area contributed by atoms with E-state index in [9.17, 15) is 9.59 Å². The zero-order chi connectivity index (χ0) is 17.6. The number of fused-ring (bicyclic) bond motifs is 1. The zero-order valence-corrected chi connectivity index (χ0v) is 14.1. The molecule has 2 aromatic rings. The molecule has 3 heterocycles. The van der Waals surface area contributed by atoms with E-state index in [1.54, 1.807) is 11.1 Å². The number of nitrogens with zero attached hydrogens (tertiary/aromatic N) is 4. The number of imide groups is 1. The van der Waals surface area contributed by atoms with Gasteiger partial charge in [0, 0.05) is 29.7 Å². The van der Waals surface area contributed by atoms with Gasteiger partial charge in [0.1, 0.15) is 0 Å². The van der Waals surface area contributed by atoms with Crippen LogP contribution in [-0.2, 0) is 16.1 Å². The number of likely N-dealkylation sites (tertiary alicyclic amines) is 1. The zero-order valence-electron chi connectivity index (χ0n) is 14.1. The highest BCUT2D eigenvalue weighted by Gasteiger charge is 2.47. The Labute approximate surface area is 145 Å². The third-order valence-electron chi connectivity index (χ3n) is 4.52. The van der Waals surface area contributed by atoms with Gasteiger partial charge in [0.15, 0.2) is 0 Å². The number of amides is 2. The third-order valence-corrected chi connectivity index (χ3v) is 4.52. The fraction of sp³-hybridized carbons (Fsp3) is 0.263. The van der Waals surface area contributed by atoms with Gasteiger partial charge >= 0.3 is 0 Å². The molecule has 1 fully saturated rings. The van der Waals surface area contributed by atoms with Gasteiger partial charge in [0.25, 0.3) is 5.91 Å². The van der Waals surface area contributed by atoms with Gasteiger partial charge in [-0.25, -0.2) is 9.97 Å². The van der Waals surface area contributed by atoms with Gasteiger partial charge in [0.2, 0.25) is 11.9 Å². The monoisotopic (exact) mass is 334 g/mol. The van der Waals surface area contributed by atoms with E-state index in [0.717, 1.165) is 17.0 Å². The summed E-state index contributed by atoms with van der Waals surface area (Å²) in [6.07, 6.45) is 1.73. The molecule has 1 aromatic carbocycles. The van der Waals surface area contributed by atoms with Crippen molar-refractivity contribution in [1.29, 1.82) is 0 Å². The summed E-state index contributed by atoms with van der Waals surface area (Å²) in [5, 5.41) is 0. The molecule has 0 bridgehead atoms. The number of rotatable bonds is 3. The van der Waals surface area contributed by atoms with Crippen molar-refractivity contribution in [2.45, 2.75) is 20.4 Å².